The van der Waals surface area contributed by atoms with Crippen molar-refractivity contribution in [3.63, 3.8) is 0 Å². The zero-order chi connectivity index (χ0) is 14.8. The van der Waals surface area contributed by atoms with Crippen molar-refractivity contribution >= 4 is 11.7 Å². The van der Waals surface area contributed by atoms with Gasteiger partial charge >= 0.3 is 5.97 Å². The molecule has 20 heavy (non-hydrogen) atoms. The Hall–Kier alpha value is -1.55. The van der Waals surface area contributed by atoms with E-state index in [4.69, 9.17) is 0 Å². The van der Waals surface area contributed by atoms with Gasteiger partial charge in [0.25, 0.3) is 0 Å². The van der Waals surface area contributed by atoms with E-state index in [1.54, 1.807) is 12.1 Å². The van der Waals surface area contributed by atoms with E-state index in [2.05, 4.69) is 12.2 Å². The lowest BCUT2D eigenvalue weighted by atomic mass is 9.76. The van der Waals surface area contributed by atoms with Crippen molar-refractivity contribution in [2.75, 3.05) is 11.9 Å². The van der Waals surface area contributed by atoms with Crippen molar-refractivity contribution in [1.29, 1.82) is 0 Å². The molecule has 0 heterocycles. The molecule has 0 aromatic heterocycles. The van der Waals surface area contributed by atoms with Crippen molar-refractivity contribution in [2.45, 2.75) is 45.1 Å². The second-order valence-electron chi connectivity index (χ2n) is 6.12. The molecule has 0 aliphatic heterocycles. The summed E-state index contributed by atoms with van der Waals surface area (Å²) in [6.07, 6.45) is 3.98. The minimum absolute atomic E-state index is 0.0320. The van der Waals surface area contributed by atoms with Crippen LogP contribution in [0.1, 0.15) is 48.5 Å². The Morgan fingerprint density at radius 2 is 2.25 bits per heavy atom. The smallest absolute Gasteiger partial charge is 0.337 e. The van der Waals surface area contributed by atoms with E-state index in [0.717, 1.165) is 24.8 Å². The second kappa shape index (κ2) is 5.83. The molecule has 1 aromatic rings. The average molecular weight is 277 g/mol. The van der Waals surface area contributed by atoms with Crippen LogP contribution >= 0.6 is 0 Å². The van der Waals surface area contributed by atoms with Crippen LogP contribution in [0.2, 0.25) is 0 Å². The quantitative estimate of drug-likeness (QED) is 0.791. The highest BCUT2D eigenvalue weighted by Crippen LogP contribution is 2.35. The lowest BCUT2D eigenvalue weighted by Gasteiger charge is -2.40. The Bertz CT molecular complexity index is 500. The van der Waals surface area contributed by atoms with Gasteiger partial charge in [0.05, 0.1) is 17.7 Å². The highest BCUT2D eigenvalue weighted by Gasteiger charge is 2.35. The first-order valence-corrected chi connectivity index (χ1v) is 7.19. The van der Waals surface area contributed by atoms with Gasteiger partial charge in [-0.2, -0.15) is 0 Å². The fourth-order valence-electron chi connectivity index (χ4n) is 3.19. The van der Waals surface area contributed by atoms with E-state index < -0.39 is 11.5 Å². The number of aryl methyl sites for hydroxylation is 1. The molecule has 4 nitrogen and oxygen atoms in total. The Morgan fingerprint density at radius 1 is 1.50 bits per heavy atom. The molecule has 1 aliphatic rings. The maximum Gasteiger partial charge on any atom is 0.337 e. The van der Waals surface area contributed by atoms with Crippen molar-refractivity contribution in [3.05, 3.63) is 29.3 Å². The normalized spacial score (nSPS) is 26.2. The number of nitrogens with one attached hydrogen (secondary N) is 1. The van der Waals surface area contributed by atoms with E-state index in [0.29, 0.717) is 11.6 Å². The first kappa shape index (κ1) is 14.9. The van der Waals surface area contributed by atoms with Gasteiger partial charge in [0.2, 0.25) is 0 Å². The standard InChI is InChI=1S/C16H23NO3/c1-11-5-6-14(13(8-11)15(19)20)17-16(10-18)7-3-4-12(2)9-16/h5-6,8,12,17-18H,3-4,7,9-10H2,1-2H3,(H,19,20). The number of rotatable bonds is 4. The lowest BCUT2D eigenvalue weighted by molar-refractivity contribution is 0.0697. The molecule has 1 fully saturated rings. The molecule has 2 atom stereocenters. The topological polar surface area (TPSA) is 69.6 Å². The largest absolute Gasteiger partial charge is 0.478 e. The number of hydrogen-bond donors (Lipinski definition) is 3. The Kier molecular flexibility index (Phi) is 4.33. The third kappa shape index (κ3) is 3.12. The molecule has 2 rings (SSSR count). The second-order valence-corrected chi connectivity index (χ2v) is 6.12. The van der Waals surface area contributed by atoms with E-state index in [1.807, 2.05) is 13.0 Å². The van der Waals surface area contributed by atoms with Gasteiger partial charge in [0, 0.05) is 5.69 Å². The number of carboxylic acids is 1. The Morgan fingerprint density at radius 3 is 2.85 bits per heavy atom. The Labute approximate surface area is 119 Å². The zero-order valence-corrected chi connectivity index (χ0v) is 12.1. The van der Waals surface area contributed by atoms with Crippen molar-refractivity contribution < 1.29 is 15.0 Å². The molecule has 0 spiro atoms. The van der Waals surface area contributed by atoms with E-state index in [1.165, 1.54) is 6.42 Å². The van der Waals surface area contributed by atoms with Crippen LogP contribution < -0.4 is 5.32 Å². The number of aliphatic hydroxyl groups excluding tert-OH is 1. The first-order valence-electron chi connectivity index (χ1n) is 7.19. The molecule has 4 heteroatoms. The molecule has 1 saturated carbocycles. The molecule has 2 unspecified atom stereocenters. The number of anilines is 1. The highest BCUT2D eigenvalue weighted by molar-refractivity contribution is 5.94. The van der Waals surface area contributed by atoms with E-state index in [-0.39, 0.29) is 12.2 Å². The molecule has 1 aliphatic carbocycles. The summed E-state index contributed by atoms with van der Waals surface area (Å²) in [5, 5.41) is 22.4. The fraction of sp³-hybridized carbons (Fsp3) is 0.562. The summed E-state index contributed by atoms with van der Waals surface area (Å²) in [4.78, 5) is 11.4. The van der Waals surface area contributed by atoms with Crippen LogP contribution in [0.15, 0.2) is 18.2 Å². The summed E-state index contributed by atoms with van der Waals surface area (Å²) in [5.74, 6) is -0.393. The van der Waals surface area contributed by atoms with Crippen LogP contribution in [0, 0.1) is 12.8 Å². The molecule has 3 N–H and O–H groups in total. The molecule has 0 bridgehead atoms. The maximum absolute atomic E-state index is 11.4. The Balaban J connectivity index is 2.30. The van der Waals surface area contributed by atoms with Crippen molar-refractivity contribution in [3.8, 4) is 0 Å². The summed E-state index contributed by atoms with van der Waals surface area (Å²) >= 11 is 0. The predicted octanol–water partition coefficient (Wildman–Crippen LogP) is 3.05. The number of hydrogen-bond acceptors (Lipinski definition) is 3. The molecule has 110 valence electrons. The summed E-state index contributed by atoms with van der Waals surface area (Å²) in [6, 6.07) is 5.36. The molecular weight excluding hydrogens is 254 g/mol. The molecule has 1 aromatic carbocycles. The molecule has 0 saturated heterocycles. The summed E-state index contributed by atoms with van der Waals surface area (Å²) < 4.78 is 0. The van der Waals surface area contributed by atoms with Crippen LogP contribution in [0.4, 0.5) is 5.69 Å². The molecule has 0 amide bonds. The number of carbonyl (C=O) groups is 1. The third-order valence-corrected chi connectivity index (χ3v) is 4.20. The molecule has 0 radical (unpaired) electrons. The van der Waals surface area contributed by atoms with Crippen LogP contribution in [0.5, 0.6) is 0 Å². The van der Waals surface area contributed by atoms with Crippen molar-refractivity contribution in [2.24, 2.45) is 5.92 Å². The van der Waals surface area contributed by atoms with Crippen LogP contribution in [-0.2, 0) is 0 Å². The third-order valence-electron chi connectivity index (χ3n) is 4.20. The summed E-state index contributed by atoms with van der Waals surface area (Å²) in [7, 11) is 0. The van der Waals surface area contributed by atoms with Gasteiger partial charge in [-0.3, -0.25) is 0 Å². The predicted molar refractivity (Wildman–Crippen MR) is 79.2 cm³/mol. The van der Waals surface area contributed by atoms with Gasteiger partial charge in [-0.1, -0.05) is 31.4 Å². The highest BCUT2D eigenvalue weighted by atomic mass is 16.4. The SMILES string of the molecule is Cc1ccc(NC2(CO)CCCC(C)C2)c(C(=O)O)c1. The average Bonchev–Trinajstić information content (AvgIpc) is 2.40. The number of benzene rings is 1. The van der Waals surface area contributed by atoms with Gasteiger partial charge in [-0.25, -0.2) is 4.79 Å². The van der Waals surface area contributed by atoms with Crippen molar-refractivity contribution in [1.82, 2.24) is 0 Å². The zero-order valence-electron chi connectivity index (χ0n) is 12.1. The summed E-state index contributed by atoms with van der Waals surface area (Å²) in [5.41, 5.74) is 1.40. The van der Waals surface area contributed by atoms with E-state index in [9.17, 15) is 15.0 Å². The van der Waals surface area contributed by atoms with Crippen LogP contribution in [0.25, 0.3) is 0 Å². The maximum atomic E-state index is 11.4. The van der Waals surface area contributed by atoms with Gasteiger partial charge in [0.1, 0.15) is 0 Å². The van der Waals surface area contributed by atoms with Crippen LogP contribution in [-0.4, -0.2) is 28.3 Å². The number of aliphatic hydroxyl groups is 1. The van der Waals surface area contributed by atoms with E-state index >= 15 is 0 Å². The van der Waals surface area contributed by atoms with Gasteiger partial charge < -0.3 is 15.5 Å². The van der Waals surface area contributed by atoms with Crippen LogP contribution in [0.3, 0.4) is 0 Å². The summed E-state index contributed by atoms with van der Waals surface area (Å²) in [6.45, 7) is 4.09. The minimum atomic E-state index is -0.937. The van der Waals surface area contributed by atoms with Gasteiger partial charge in [-0.05, 0) is 37.8 Å². The lowest BCUT2D eigenvalue weighted by Crippen LogP contribution is -2.46. The minimum Gasteiger partial charge on any atom is -0.478 e. The van der Waals surface area contributed by atoms with Gasteiger partial charge in [0.15, 0.2) is 0 Å². The number of aromatic carboxylic acids is 1. The monoisotopic (exact) mass is 277 g/mol. The number of carboxylic acid groups (broad SMARTS) is 1. The molecular formula is C16H23NO3. The van der Waals surface area contributed by atoms with Gasteiger partial charge in [-0.15, -0.1) is 0 Å². The first-order chi connectivity index (χ1) is 9.46. The fourth-order valence-corrected chi connectivity index (χ4v) is 3.19.